The maximum absolute atomic E-state index is 12.7. The SMILES string of the molecule is CCCCC/C=C/C(O)C(COP(=O)([O-])OCC[N+](C)(C)C)NC(=O)CCCCCCCCCCCCCCCC/C=C\C/C=C\C/C=C\CCCCCCC. The number of nitrogens with one attached hydrogen (secondary N) is 1. The van der Waals surface area contributed by atoms with Crippen molar-refractivity contribution in [3.05, 3.63) is 48.6 Å². The van der Waals surface area contributed by atoms with E-state index in [1.54, 1.807) is 6.08 Å². The van der Waals surface area contributed by atoms with Crippen LogP contribution in [0.4, 0.5) is 0 Å². The average molecular weight is 809 g/mol. The van der Waals surface area contributed by atoms with Gasteiger partial charge in [-0.1, -0.05) is 178 Å². The molecule has 0 saturated heterocycles. The molecule has 3 atom stereocenters. The summed E-state index contributed by atoms with van der Waals surface area (Å²) in [6, 6.07) is -0.883. The van der Waals surface area contributed by atoms with Crippen LogP contribution in [0.2, 0.25) is 0 Å². The number of amides is 1. The van der Waals surface area contributed by atoms with E-state index in [1.807, 2.05) is 27.2 Å². The number of carbonyl (C=O) groups excluding carboxylic acids is 1. The zero-order chi connectivity index (χ0) is 41.4. The van der Waals surface area contributed by atoms with Crippen molar-refractivity contribution < 1.29 is 32.9 Å². The molecule has 56 heavy (non-hydrogen) atoms. The summed E-state index contributed by atoms with van der Waals surface area (Å²) in [5.41, 5.74) is 0. The first-order chi connectivity index (χ1) is 27.0. The average Bonchev–Trinajstić information content (AvgIpc) is 3.15. The van der Waals surface area contributed by atoms with E-state index in [-0.39, 0.29) is 19.1 Å². The number of quaternary nitrogens is 1. The largest absolute Gasteiger partial charge is 0.756 e. The zero-order valence-corrected chi connectivity index (χ0v) is 38.0. The fourth-order valence-corrected chi connectivity index (χ4v) is 7.06. The van der Waals surface area contributed by atoms with E-state index in [1.165, 1.54) is 116 Å². The smallest absolute Gasteiger partial charge is 0.268 e. The first kappa shape index (κ1) is 54.5. The number of likely N-dealkylation sites (N-methyl/N-ethyl adjacent to an activating group) is 1. The van der Waals surface area contributed by atoms with Gasteiger partial charge in [0.15, 0.2) is 0 Å². The standard InChI is InChI=1S/C47H89N2O6P/c1-6-8-10-12-13-14-15-16-17-18-19-20-21-22-23-24-25-26-27-28-29-30-31-32-33-34-35-37-39-41-47(51)48-45(46(50)40-38-36-11-9-7-2)44-55-56(52,53)54-43-42-49(3,4)5/h15-16,18-19,21-22,38,40,45-46,50H,6-14,17,20,23-37,39,41-44H2,1-5H3,(H-,48,51,52,53)/b16-15-,19-18-,22-21-,40-38+. The molecule has 328 valence electrons. The van der Waals surface area contributed by atoms with E-state index < -0.39 is 20.0 Å². The molecule has 0 rings (SSSR count). The van der Waals surface area contributed by atoms with Gasteiger partial charge in [-0.05, 0) is 57.8 Å². The third-order valence-electron chi connectivity index (χ3n) is 10.0. The molecule has 0 aliphatic carbocycles. The maximum atomic E-state index is 12.7. The first-order valence-electron chi connectivity index (χ1n) is 23.0. The molecule has 3 unspecified atom stereocenters. The second-order valence-corrected chi connectivity index (χ2v) is 18.2. The number of phosphoric acid groups is 1. The van der Waals surface area contributed by atoms with Crippen molar-refractivity contribution in [2.45, 2.75) is 206 Å². The Morgan fingerprint density at radius 1 is 0.625 bits per heavy atom. The molecular weight excluding hydrogens is 719 g/mol. The Morgan fingerprint density at radius 2 is 1.04 bits per heavy atom. The third kappa shape index (κ3) is 40.6. The molecule has 9 heteroatoms. The quantitative estimate of drug-likeness (QED) is 0.0276. The highest BCUT2D eigenvalue weighted by molar-refractivity contribution is 7.45. The number of carbonyl (C=O) groups is 1. The minimum atomic E-state index is -4.57. The maximum Gasteiger partial charge on any atom is 0.268 e. The monoisotopic (exact) mass is 809 g/mol. The normalized spacial score (nSPS) is 14.8. The Labute approximate surface area is 346 Å². The van der Waals surface area contributed by atoms with Crippen molar-refractivity contribution in [1.82, 2.24) is 5.32 Å². The van der Waals surface area contributed by atoms with E-state index in [9.17, 15) is 19.4 Å². The molecule has 2 N–H and O–H groups in total. The summed E-state index contributed by atoms with van der Waals surface area (Å²) in [4.78, 5) is 25.1. The van der Waals surface area contributed by atoms with Crippen LogP contribution in [-0.4, -0.2) is 68.5 Å². The van der Waals surface area contributed by atoms with Crippen molar-refractivity contribution in [3.63, 3.8) is 0 Å². The second kappa shape index (κ2) is 38.9. The Morgan fingerprint density at radius 3 is 1.54 bits per heavy atom. The van der Waals surface area contributed by atoms with E-state index in [0.717, 1.165) is 57.8 Å². The lowest BCUT2D eigenvalue weighted by Gasteiger charge is -2.29. The molecular formula is C47H89N2O6P. The van der Waals surface area contributed by atoms with Crippen molar-refractivity contribution in [2.24, 2.45) is 0 Å². The van der Waals surface area contributed by atoms with Crippen molar-refractivity contribution in [2.75, 3.05) is 40.9 Å². The molecule has 0 bridgehead atoms. The van der Waals surface area contributed by atoms with Gasteiger partial charge in [0.2, 0.25) is 5.91 Å². The lowest BCUT2D eigenvalue weighted by atomic mass is 10.0. The highest BCUT2D eigenvalue weighted by Crippen LogP contribution is 2.38. The predicted octanol–water partition coefficient (Wildman–Crippen LogP) is 12.2. The van der Waals surface area contributed by atoms with Gasteiger partial charge in [0.25, 0.3) is 7.82 Å². The number of aliphatic hydroxyl groups is 1. The summed E-state index contributed by atoms with van der Waals surface area (Å²) < 4.78 is 23.0. The van der Waals surface area contributed by atoms with Gasteiger partial charge in [-0.15, -0.1) is 0 Å². The van der Waals surface area contributed by atoms with E-state index in [0.29, 0.717) is 17.4 Å². The number of aliphatic hydroxyl groups excluding tert-OH is 1. The number of rotatable bonds is 41. The predicted molar refractivity (Wildman–Crippen MR) is 238 cm³/mol. The lowest BCUT2D eigenvalue weighted by Crippen LogP contribution is -2.45. The van der Waals surface area contributed by atoms with Crippen LogP contribution in [0, 0.1) is 0 Å². The van der Waals surface area contributed by atoms with Gasteiger partial charge in [-0.2, -0.15) is 0 Å². The molecule has 0 heterocycles. The Hall–Kier alpha value is -1.54. The van der Waals surface area contributed by atoms with Crippen LogP contribution in [0.1, 0.15) is 194 Å². The summed E-state index contributed by atoms with van der Waals surface area (Å²) >= 11 is 0. The molecule has 0 aliphatic rings. The molecule has 0 radical (unpaired) electrons. The molecule has 0 fully saturated rings. The number of hydrogen-bond acceptors (Lipinski definition) is 6. The lowest BCUT2D eigenvalue weighted by molar-refractivity contribution is -0.870. The zero-order valence-electron chi connectivity index (χ0n) is 37.1. The first-order valence-corrected chi connectivity index (χ1v) is 24.5. The number of unbranched alkanes of at least 4 members (excludes halogenated alkanes) is 22. The molecule has 0 aromatic carbocycles. The van der Waals surface area contributed by atoms with Gasteiger partial charge in [0.1, 0.15) is 13.2 Å². The number of allylic oxidation sites excluding steroid dienone is 7. The van der Waals surface area contributed by atoms with Crippen molar-refractivity contribution in [3.8, 4) is 0 Å². The minimum Gasteiger partial charge on any atom is -0.756 e. The van der Waals surface area contributed by atoms with Gasteiger partial charge < -0.3 is 28.8 Å². The molecule has 0 saturated carbocycles. The fourth-order valence-electron chi connectivity index (χ4n) is 6.33. The van der Waals surface area contributed by atoms with Gasteiger partial charge in [-0.3, -0.25) is 9.36 Å². The summed E-state index contributed by atoms with van der Waals surface area (Å²) in [5.74, 6) is -0.207. The summed E-state index contributed by atoms with van der Waals surface area (Å²) in [6.07, 6.45) is 49.4. The van der Waals surface area contributed by atoms with Crippen LogP contribution in [0.5, 0.6) is 0 Å². The molecule has 0 spiro atoms. The van der Waals surface area contributed by atoms with Gasteiger partial charge >= 0.3 is 0 Å². The van der Waals surface area contributed by atoms with Gasteiger partial charge in [0.05, 0.1) is 39.9 Å². The van der Waals surface area contributed by atoms with E-state index >= 15 is 0 Å². The van der Waals surface area contributed by atoms with Crippen LogP contribution in [0.3, 0.4) is 0 Å². The molecule has 1 amide bonds. The molecule has 0 aromatic heterocycles. The number of hydrogen-bond donors (Lipinski definition) is 2. The van der Waals surface area contributed by atoms with Crippen LogP contribution in [0.25, 0.3) is 0 Å². The van der Waals surface area contributed by atoms with Crippen molar-refractivity contribution >= 4 is 13.7 Å². The Kier molecular flexibility index (Phi) is 37.9. The second-order valence-electron chi connectivity index (χ2n) is 16.8. The molecule has 8 nitrogen and oxygen atoms in total. The third-order valence-corrected chi connectivity index (χ3v) is 11.0. The fraction of sp³-hybridized carbons (Fsp3) is 0.809. The Balaban J connectivity index is 3.93. The van der Waals surface area contributed by atoms with Crippen LogP contribution in [-0.2, 0) is 18.4 Å². The van der Waals surface area contributed by atoms with Crippen LogP contribution < -0.4 is 10.2 Å². The van der Waals surface area contributed by atoms with E-state index in [4.69, 9.17) is 9.05 Å². The summed E-state index contributed by atoms with van der Waals surface area (Å²) in [5, 5.41) is 13.6. The topological polar surface area (TPSA) is 108 Å². The van der Waals surface area contributed by atoms with E-state index in [2.05, 4.69) is 55.6 Å². The highest BCUT2D eigenvalue weighted by Gasteiger charge is 2.23. The van der Waals surface area contributed by atoms with Gasteiger partial charge in [0, 0.05) is 6.42 Å². The summed E-state index contributed by atoms with van der Waals surface area (Å²) in [7, 11) is 1.25. The molecule has 0 aromatic rings. The summed E-state index contributed by atoms with van der Waals surface area (Å²) in [6.45, 7) is 4.51. The number of nitrogens with zero attached hydrogens (tertiary/aromatic N) is 1. The molecule has 0 aliphatic heterocycles. The number of phosphoric ester groups is 1. The van der Waals surface area contributed by atoms with Crippen molar-refractivity contribution in [1.29, 1.82) is 0 Å². The Bertz CT molecular complexity index is 1050. The van der Waals surface area contributed by atoms with Gasteiger partial charge in [-0.25, -0.2) is 0 Å². The minimum absolute atomic E-state index is 0.00293. The van der Waals surface area contributed by atoms with Crippen LogP contribution in [0.15, 0.2) is 48.6 Å². The highest BCUT2D eigenvalue weighted by atomic mass is 31.2. The van der Waals surface area contributed by atoms with Crippen LogP contribution >= 0.6 is 7.82 Å².